The Bertz CT molecular complexity index is 520. The van der Waals surface area contributed by atoms with E-state index < -0.39 is 0 Å². The van der Waals surface area contributed by atoms with E-state index in [4.69, 9.17) is 4.74 Å². The smallest absolute Gasteiger partial charge is 0.228 e. The van der Waals surface area contributed by atoms with Gasteiger partial charge in [0.2, 0.25) is 11.8 Å². The first-order valence-electron chi connectivity index (χ1n) is 6.48. The Morgan fingerprint density at radius 3 is 2.79 bits per heavy atom. The molecule has 0 aromatic carbocycles. The standard InChI is InChI=1S/C13H17N5O/c1-19-12-3-6-14-13(16-12)18-8-4-10(5-9-18)11-2-7-15-17-11/h2-3,6-7,10H,4-5,8-9H2,1H3,(H,15,17). The van der Waals surface area contributed by atoms with Crippen LogP contribution in [0.3, 0.4) is 0 Å². The summed E-state index contributed by atoms with van der Waals surface area (Å²) in [5, 5.41) is 7.08. The minimum atomic E-state index is 0.560. The van der Waals surface area contributed by atoms with Crippen LogP contribution in [0.1, 0.15) is 24.5 Å². The molecule has 0 atom stereocenters. The minimum absolute atomic E-state index is 0.560. The highest BCUT2D eigenvalue weighted by Gasteiger charge is 2.23. The van der Waals surface area contributed by atoms with E-state index in [0.717, 1.165) is 31.9 Å². The summed E-state index contributed by atoms with van der Waals surface area (Å²) >= 11 is 0. The van der Waals surface area contributed by atoms with Crippen molar-refractivity contribution in [1.29, 1.82) is 0 Å². The first kappa shape index (κ1) is 12.0. The third-order valence-corrected chi connectivity index (χ3v) is 3.57. The average Bonchev–Trinajstić information content (AvgIpc) is 3.02. The van der Waals surface area contributed by atoms with Crippen LogP contribution in [0.4, 0.5) is 5.95 Å². The van der Waals surface area contributed by atoms with Crippen molar-refractivity contribution in [3.8, 4) is 5.88 Å². The van der Waals surface area contributed by atoms with Gasteiger partial charge in [0.05, 0.1) is 7.11 Å². The second-order valence-electron chi connectivity index (χ2n) is 4.67. The van der Waals surface area contributed by atoms with Crippen LogP contribution in [0.15, 0.2) is 24.5 Å². The van der Waals surface area contributed by atoms with Gasteiger partial charge in [0, 0.05) is 43.2 Å². The third-order valence-electron chi connectivity index (χ3n) is 3.57. The maximum Gasteiger partial charge on any atom is 0.228 e. The van der Waals surface area contributed by atoms with E-state index in [1.807, 2.05) is 6.20 Å². The van der Waals surface area contributed by atoms with Gasteiger partial charge in [-0.2, -0.15) is 10.1 Å². The highest BCUT2D eigenvalue weighted by molar-refractivity contribution is 5.33. The number of rotatable bonds is 3. The Morgan fingerprint density at radius 2 is 2.11 bits per heavy atom. The molecule has 0 radical (unpaired) electrons. The summed E-state index contributed by atoms with van der Waals surface area (Å²) < 4.78 is 5.13. The van der Waals surface area contributed by atoms with Gasteiger partial charge in [-0.15, -0.1) is 0 Å². The van der Waals surface area contributed by atoms with E-state index >= 15 is 0 Å². The molecule has 100 valence electrons. The molecular weight excluding hydrogens is 242 g/mol. The maximum absolute atomic E-state index is 5.13. The summed E-state index contributed by atoms with van der Waals surface area (Å²) in [6, 6.07) is 3.82. The highest BCUT2D eigenvalue weighted by atomic mass is 16.5. The number of nitrogens with zero attached hydrogens (tertiary/aromatic N) is 4. The molecule has 0 saturated carbocycles. The van der Waals surface area contributed by atoms with Gasteiger partial charge in [-0.3, -0.25) is 5.10 Å². The van der Waals surface area contributed by atoms with Crippen molar-refractivity contribution in [2.24, 2.45) is 0 Å². The third kappa shape index (κ3) is 2.52. The Labute approximate surface area is 111 Å². The van der Waals surface area contributed by atoms with E-state index in [9.17, 15) is 0 Å². The lowest BCUT2D eigenvalue weighted by molar-refractivity contribution is 0.395. The number of methoxy groups -OCH3 is 1. The molecule has 0 unspecified atom stereocenters. The summed E-state index contributed by atoms with van der Waals surface area (Å²) in [6.45, 7) is 1.91. The van der Waals surface area contributed by atoms with Crippen LogP contribution < -0.4 is 9.64 Å². The molecule has 2 aromatic rings. The maximum atomic E-state index is 5.13. The van der Waals surface area contributed by atoms with Crippen molar-refractivity contribution in [2.45, 2.75) is 18.8 Å². The molecule has 3 heterocycles. The molecule has 1 aliphatic heterocycles. The second-order valence-corrected chi connectivity index (χ2v) is 4.67. The molecule has 1 aliphatic rings. The number of anilines is 1. The Balaban J connectivity index is 1.66. The molecule has 1 saturated heterocycles. The van der Waals surface area contributed by atoms with Crippen molar-refractivity contribution in [3.05, 3.63) is 30.2 Å². The van der Waals surface area contributed by atoms with Crippen LogP contribution in [0.25, 0.3) is 0 Å². The quantitative estimate of drug-likeness (QED) is 0.906. The average molecular weight is 259 g/mol. The van der Waals surface area contributed by atoms with Gasteiger partial charge in [-0.1, -0.05) is 0 Å². The van der Waals surface area contributed by atoms with E-state index in [1.165, 1.54) is 5.69 Å². The minimum Gasteiger partial charge on any atom is -0.481 e. The van der Waals surface area contributed by atoms with E-state index in [2.05, 4.69) is 31.1 Å². The molecule has 0 spiro atoms. The van der Waals surface area contributed by atoms with E-state index in [-0.39, 0.29) is 0 Å². The first-order chi connectivity index (χ1) is 9.36. The summed E-state index contributed by atoms with van der Waals surface area (Å²) in [6.07, 6.45) is 5.72. The largest absolute Gasteiger partial charge is 0.481 e. The number of aromatic amines is 1. The van der Waals surface area contributed by atoms with E-state index in [0.29, 0.717) is 11.8 Å². The molecule has 0 aliphatic carbocycles. The van der Waals surface area contributed by atoms with Crippen LogP contribution in [0.2, 0.25) is 0 Å². The number of hydrogen-bond acceptors (Lipinski definition) is 5. The first-order valence-corrected chi connectivity index (χ1v) is 6.48. The van der Waals surface area contributed by atoms with Crippen LogP contribution in [-0.2, 0) is 0 Å². The van der Waals surface area contributed by atoms with Crippen molar-refractivity contribution < 1.29 is 4.74 Å². The highest BCUT2D eigenvalue weighted by Crippen LogP contribution is 2.28. The molecule has 1 N–H and O–H groups in total. The van der Waals surface area contributed by atoms with Crippen LogP contribution in [0.5, 0.6) is 5.88 Å². The molecular formula is C13H17N5O. The van der Waals surface area contributed by atoms with Crippen molar-refractivity contribution in [2.75, 3.05) is 25.1 Å². The Kier molecular flexibility index (Phi) is 3.31. The predicted molar refractivity (Wildman–Crippen MR) is 71.4 cm³/mol. The van der Waals surface area contributed by atoms with Gasteiger partial charge in [0.1, 0.15) is 0 Å². The monoisotopic (exact) mass is 259 g/mol. The Hall–Kier alpha value is -2.11. The fourth-order valence-electron chi connectivity index (χ4n) is 2.48. The molecule has 0 bridgehead atoms. The molecule has 3 rings (SSSR count). The number of piperidine rings is 1. The number of aromatic nitrogens is 4. The topological polar surface area (TPSA) is 66.9 Å². The number of H-pyrrole nitrogens is 1. The lowest BCUT2D eigenvalue weighted by atomic mass is 9.94. The summed E-state index contributed by atoms with van der Waals surface area (Å²) in [5.41, 5.74) is 1.23. The number of ether oxygens (including phenoxy) is 1. The van der Waals surface area contributed by atoms with Crippen LogP contribution >= 0.6 is 0 Å². The molecule has 0 amide bonds. The zero-order valence-corrected chi connectivity index (χ0v) is 10.9. The molecule has 1 fully saturated rings. The van der Waals surface area contributed by atoms with Gasteiger partial charge < -0.3 is 9.64 Å². The van der Waals surface area contributed by atoms with Crippen molar-refractivity contribution in [1.82, 2.24) is 20.2 Å². The van der Waals surface area contributed by atoms with Crippen LogP contribution in [-0.4, -0.2) is 40.4 Å². The zero-order valence-electron chi connectivity index (χ0n) is 10.9. The van der Waals surface area contributed by atoms with Gasteiger partial charge >= 0.3 is 0 Å². The molecule has 19 heavy (non-hydrogen) atoms. The fraction of sp³-hybridized carbons (Fsp3) is 0.462. The van der Waals surface area contributed by atoms with Crippen molar-refractivity contribution in [3.63, 3.8) is 0 Å². The fourth-order valence-corrected chi connectivity index (χ4v) is 2.48. The lowest BCUT2D eigenvalue weighted by Crippen LogP contribution is -2.34. The van der Waals surface area contributed by atoms with E-state index in [1.54, 1.807) is 19.4 Å². The second kappa shape index (κ2) is 5.26. The molecule has 6 nitrogen and oxygen atoms in total. The summed E-state index contributed by atoms with van der Waals surface area (Å²) in [7, 11) is 1.62. The lowest BCUT2D eigenvalue weighted by Gasteiger charge is -2.31. The number of nitrogens with one attached hydrogen (secondary N) is 1. The Morgan fingerprint density at radius 1 is 1.26 bits per heavy atom. The summed E-state index contributed by atoms with van der Waals surface area (Å²) in [5.74, 6) is 1.92. The van der Waals surface area contributed by atoms with Gasteiger partial charge in [-0.25, -0.2) is 4.98 Å². The molecule has 2 aromatic heterocycles. The van der Waals surface area contributed by atoms with Gasteiger partial charge in [0.25, 0.3) is 0 Å². The van der Waals surface area contributed by atoms with Crippen molar-refractivity contribution >= 4 is 5.95 Å². The SMILES string of the molecule is COc1ccnc(N2CCC(c3ccn[nH]3)CC2)n1. The van der Waals surface area contributed by atoms with Gasteiger partial charge in [-0.05, 0) is 18.9 Å². The predicted octanol–water partition coefficient (Wildman–Crippen LogP) is 1.59. The normalized spacial score (nSPS) is 16.6. The number of hydrogen-bond donors (Lipinski definition) is 1. The molecule has 6 heteroatoms. The van der Waals surface area contributed by atoms with Crippen LogP contribution in [0, 0.1) is 0 Å². The van der Waals surface area contributed by atoms with Gasteiger partial charge in [0.15, 0.2) is 0 Å². The zero-order chi connectivity index (χ0) is 13.1. The summed E-state index contributed by atoms with van der Waals surface area (Å²) in [4.78, 5) is 10.9.